The number of rotatable bonds is 7. The lowest BCUT2D eigenvalue weighted by atomic mass is 9.40. The van der Waals surface area contributed by atoms with Crippen molar-refractivity contribution in [1.29, 1.82) is 0 Å². The van der Waals surface area contributed by atoms with Gasteiger partial charge in [0.15, 0.2) is 0 Å². The Kier molecular flexibility index (Phi) is 7.79. The highest BCUT2D eigenvalue weighted by molar-refractivity contribution is 5.87. The molecule has 0 bridgehead atoms. The standard InChI is InChI=1S/C38H44O9/c1-21-25(24-14-15-43-19-24)16-26-32(21)38(5)27(17-31(41)42-6)37(4)29(47-30(40)13-12-23-10-8-7-9-11-23)18-28(45-22(2)39)36(3)20-44-33(34(36)37)35(38)46-26/h7-15,19,25-29,33-35H,16-18,20H2,1-6H3. The van der Waals surface area contributed by atoms with Gasteiger partial charge in [-0.2, -0.15) is 0 Å². The van der Waals surface area contributed by atoms with Crippen molar-refractivity contribution in [2.75, 3.05) is 13.7 Å². The van der Waals surface area contributed by atoms with Crippen LogP contribution < -0.4 is 0 Å². The molecule has 4 fully saturated rings. The predicted molar refractivity (Wildman–Crippen MR) is 171 cm³/mol. The molecule has 0 spiro atoms. The molecule has 3 aliphatic carbocycles. The number of hydrogen-bond acceptors (Lipinski definition) is 9. The molecule has 47 heavy (non-hydrogen) atoms. The van der Waals surface area contributed by atoms with Crippen LogP contribution in [0.3, 0.4) is 0 Å². The first-order valence-corrected chi connectivity index (χ1v) is 16.6. The maximum absolute atomic E-state index is 13.6. The van der Waals surface area contributed by atoms with Gasteiger partial charge >= 0.3 is 17.9 Å². The van der Waals surface area contributed by atoms with Gasteiger partial charge in [0.1, 0.15) is 12.2 Å². The summed E-state index contributed by atoms with van der Waals surface area (Å²) < 4.78 is 37.0. The van der Waals surface area contributed by atoms with Crippen LogP contribution in [0.2, 0.25) is 0 Å². The van der Waals surface area contributed by atoms with Crippen LogP contribution in [0.15, 0.2) is 70.6 Å². The summed E-state index contributed by atoms with van der Waals surface area (Å²) in [4.78, 5) is 39.5. The number of ether oxygens (including phenoxy) is 5. The quantitative estimate of drug-likeness (QED) is 0.154. The Morgan fingerprint density at radius 1 is 1.02 bits per heavy atom. The molecular weight excluding hydrogens is 600 g/mol. The minimum absolute atomic E-state index is 0.106. The molecule has 11 unspecified atom stereocenters. The number of furan rings is 1. The maximum atomic E-state index is 13.6. The number of esters is 3. The average Bonchev–Trinajstić information content (AvgIpc) is 3.82. The fourth-order valence-corrected chi connectivity index (χ4v) is 10.6. The van der Waals surface area contributed by atoms with E-state index in [2.05, 4.69) is 27.7 Å². The van der Waals surface area contributed by atoms with Crippen molar-refractivity contribution in [3.8, 4) is 0 Å². The first kappa shape index (κ1) is 31.9. The molecule has 9 heteroatoms. The zero-order valence-electron chi connectivity index (χ0n) is 27.9. The van der Waals surface area contributed by atoms with E-state index in [4.69, 9.17) is 28.1 Å². The van der Waals surface area contributed by atoms with E-state index >= 15 is 0 Å². The van der Waals surface area contributed by atoms with E-state index in [0.717, 1.165) is 17.5 Å². The van der Waals surface area contributed by atoms with Crippen LogP contribution in [0.5, 0.6) is 0 Å². The molecule has 3 heterocycles. The molecule has 1 aromatic carbocycles. The summed E-state index contributed by atoms with van der Waals surface area (Å²) in [5.74, 6) is -1.70. The van der Waals surface area contributed by atoms with Gasteiger partial charge in [0.2, 0.25) is 0 Å². The van der Waals surface area contributed by atoms with E-state index in [1.165, 1.54) is 31.3 Å². The first-order chi connectivity index (χ1) is 22.4. The molecule has 5 aliphatic rings. The molecular formula is C38H44O9. The number of benzene rings is 1. The van der Waals surface area contributed by atoms with E-state index in [-0.39, 0.29) is 54.9 Å². The van der Waals surface area contributed by atoms with Crippen molar-refractivity contribution in [2.24, 2.45) is 28.1 Å². The van der Waals surface area contributed by atoms with Gasteiger partial charge in [0, 0.05) is 53.9 Å². The Morgan fingerprint density at radius 3 is 2.47 bits per heavy atom. The molecule has 0 amide bonds. The minimum Gasteiger partial charge on any atom is -0.472 e. The van der Waals surface area contributed by atoms with Crippen molar-refractivity contribution < 1.29 is 42.5 Å². The largest absolute Gasteiger partial charge is 0.472 e. The number of carbonyl (C=O) groups excluding carboxylic acids is 3. The molecule has 0 radical (unpaired) electrons. The molecule has 250 valence electrons. The second kappa shape index (κ2) is 11.5. The molecule has 11 atom stereocenters. The third-order valence-corrected chi connectivity index (χ3v) is 12.5. The number of carbonyl (C=O) groups is 3. The molecule has 2 saturated heterocycles. The van der Waals surface area contributed by atoms with E-state index in [1.807, 2.05) is 36.4 Å². The Hall–Kier alpha value is -3.69. The molecule has 2 aromatic rings. The van der Waals surface area contributed by atoms with E-state index in [1.54, 1.807) is 18.6 Å². The number of methoxy groups -OCH3 is 1. The average molecular weight is 645 g/mol. The first-order valence-electron chi connectivity index (χ1n) is 16.6. The molecule has 2 saturated carbocycles. The van der Waals surface area contributed by atoms with Gasteiger partial charge < -0.3 is 28.1 Å². The number of hydrogen-bond donors (Lipinski definition) is 0. The third kappa shape index (κ3) is 4.75. The van der Waals surface area contributed by atoms with Crippen LogP contribution in [-0.2, 0) is 38.1 Å². The molecule has 0 N–H and O–H groups in total. The smallest absolute Gasteiger partial charge is 0.331 e. The van der Waals surface area contributed by atoms with Crippen molar-refractivity contribution in [2.45, 2.75) is 90.3 Å². The third-order valence-electron chi connectivity index (χ3n) is 12.5. The summed E-state index contributed by atoms with van der Waals surface area (Å²) in [7, 11) is 1.41. The van der Waals surface area contributed by atoms with E-state index in [0.29, 0.717) is 6.61 Å². The van der Waals surface area contributed by atoms with Crippen molar-refractivity contribution >= 4 is 24.0 Å². The summed E-state index contributed by atoms with van der Waals surface area (Å²) in [5.41, 5.74) is 2.36. The fraction of sp³-hybridized carbons (Fsp3) is 0.553. The van der Waals surface area contributed by atoms with Gasteiger partial charge in [-0.15, -0.1) is 0 Å². The van der Waals surface area contributed by atoms with Gasteiger partial charge in [-0.05, 0) is 48.1 Å². The van der Waals surface area contributed by atoms with Crippen molar-refractivity contribution in [1.82, 2.24) is 0 Å². The molecule has 7 rings (SSSR count). The predicted octanol–water partition coefficient (Wildman–Crippen LogP) is 6.04. The van der Waals surface area contributed by atoms with E-state index < -0.39 is 40.4 Å². The van der Waals surface area contributed by atoms with Crippen LogP contribution in [0.4, 0.5) is 0 Å². The Labute approximate surface area is 275 Å². The summed E-state index contributed by atoms with van der Waals surface area (Å²) in [6.07, 6.45) is 5.65. The lowest BCUT2D eigenvalue weighted by Gasteiger charge is -2.65. The van der Waals surface area contributed by atoms with Crippen molar-refractivity contribution in [3.05, 3.63) is 77.3 Å². The second-order valence-electron chi connectivity index (χ2n) is 14.7. The van der Waals surface area contributed by atoms with Gasteiger partial charge in [-0.1, -0.05) is 56.7 Å². The summed E-state index contributed by atoms with van der Waals surface area (Å²) in [6, 6.07) is 11.5. The minimum atomic E-state index is -0.776. The molecule has 1 aromatic heterocycles. The van der Waals surface area contributed by atoms with Gasteiger partial charge in [-0.3, -0.25) is 9.59 Å². The lowest BCUT2D eigenvalue weighted by Crippen LogP contribution is -2.71. The number of allylic oxidation sites excluding steroid dienone is 1. The Bertz CT molecular complexity index is 1610. The topological polar surface area (TPSA) is 111 Å². The van der Waals surface area contributed by atoms with Crippen LogP contribution in [0.25, 0.3) is 6.08 Å². The zero-order valence-corrected chi connectivity index (χ0v) is 27.9. The molecule has 2 aliphatic heterocycles. The van der Waals surface area contributed by atoms with Crippen LogP contribution in [0.1, 0.15) is 70.9 Å². The SMILES string of the molecule is COC(=O)CC1C2(C)C3=C(C)C(c4ccoc4)CC3OC2C2OCC3(C)C(OC(C)=O)CC(OC(=O)C=Cc4ccccc4)C1(C)C23. The summed E-state index contributed by atoms with van der Waals surface area (Å²) in [5, 5.41) is 0. The van der Waals surface area contributed by atoms with Gasteiger partial charge in [-0.25, -0.2) is 4.79 Å². The van der Waals surface area contributed by atoms with Crippen LogP contribution in [0, 0.1) is 28.1 Å². The lowest BCUT2D eigenvalue weighted by molar-refractivity contribution is -0.251. The van der Waals surface area contributed by atoms with Crippen molar-refractivity contribution in [3.63, 3.8) is 0 Å². The number of fused-ring (bicyclic) bond motifs is 4. The normalized spacial score (nSPS) is 40.1. The molecule has 9 nitrogen and oxygen atoms in total. The fourth-order valence-electron chi connectivity index (χ4n) is 10.6. The maximum Gasteiger partial charge on any atom is 0.331 e. The zero-order chi connectivity index (χ0) is 33.3. The monoisotopic (exact) mass is 644 g/mol. The highest BCUT2D eigenvalue weighted by Crippen LogP contribution is 2.74. The van der Waals surface area contributed by atoms with E-state index in [9.17, 15) is 14.4 Å². The van der Waals surface area contributed by atoms with Gasteiger partial charge in [0.05, 0.1) is 44.6 Å². The van der Waals surface area contributed by atoms with Gasteiger partial charge in [0.25, 0.3) is 0 Å². The van der Waals surface area contributed by atoms with Crippen LogP contribution >= 0.6 is 0 Å². The Morgan fingerprint density at radius 2 is 1.79 bits per heavy atom. The Balaban J connectivity index is 1.36. The summed E-state index contributed by atoms with van der Waals surface area (Å²) in [6.45, 7) is 10.4. The highest BCUT2D eigenvalue weighted by Gasteiger charge is 2.78. The van der Waals surface area contributed by atoms with Crippen LogP contribution in [-0.4, -0.2) is 62.1 Å². The second-order valence-corrected chi connectivity index (χ2v) is 14.7. The highest BCUT2D eigenvalue weighted by atomic mass is 16.6. The summed E-state index contributed by atoms with van der Waals surface area (Å²) >= 11 is 0.